The van der Waals surface area contributed by atoms with Crippen LogP contribution in [-0.2, 0) is 0 Å². The summed E-state index contributed by atoms with van der Waals surface area (Å²) >= 11 is 4.11. The van der Waals surface area contributed by atoms with Gasteiger partial charge >= 0.3 is 0 Å². The van der Waals surface area contributed by atoms with Gasteiger partial charge < -0.3 is 4.74 Å². The normalized spacial score (nSPS) is 8.20. The first-order valence-electron chi connectivity index (χ1n) is 2.66. The van der Waals surface area contributed by atoms with Crippen LogP contribution in [0, 0.1) is 0 Å². The summed E-state index contributed by atoms with van der Waals surface area (Å²) in [7, 11) is 1.65. The number of hydrogen-bond acceptors (Lipinski definition) is 2. The summed E-state index contributed by atoms with van der Waals surface area (Å²) in [6.45, 7) is 0. The maximum absolute atomic E-state index is 4.94. The number of thiol groups is 1. The molecule has 0 spiro atoms. The van der Waals surface area contributed by atoms with Crippen LogP contribution in [0.2, 0.25) is 0 Å². The molecule has 1 nitrogen and oxygen atoms in total. The van der Waals surface area contributed by atoms with Crippen molar-refractivity contribution in [2.24, 2.45) is 0 Å². The van der Waals surface area contributed by atoms with E-state index in [9.17, 15) is 0 Å². The van der Waals surface area contributed by atoms with Crippen molar-refractivity contribution in [1.82, 2.24) is 0 Å². The molecule has 0 saturated carbocycles. The predicted molar refractivity (Wildman–Crippen MR) is 46.0 cm³/mol. The quantitative estimate of drug-likeness (QED) is 0.488. The van der Waals surface area contributed by atoms with Crippen molar-refractivity contribution in [3.63, 3.8) is 0 Å². The Kier molecular flexibility index (Phi) is 5.27. The van der Waals surface area contributed by atoms with Crippen LogP contribution in [0.5, 0.6) is 5.75 Å². The van der Waals surface area contributed by atoms with E-state index in [2.05, 4.69) is 12.6 Å². The van der Waals surface area contributed by atoms with Crippen LogP contribution in [0.25, 0.3) is 0 Å². The van der Waals surface area contributed by atoms with E-state index in [1.165, 1.54) is 0 Å². The van der Waals surface area contributed by atoms with Crippen molar-refractivity contribution in [3.8, 4) is 5.75 Å². The Balaban J connectivity index is 0.000000810. The van der Waals surface area contributed by atoms with E-state index in [1.807, 2.05) is 24.3 Å². The van der Waals surface area contributed by atoms with Crippen molar-refractivity contribution >= 4 is 42.2 Å². The minimum absolute atomic E-state index is 0. The van der Waals surface area contributed by atoms with Gasteiger partial charge in [0.2, 0.25) is 0 Å². The number of methoxy groups -OCH3 is 1. The van der Waals surface area contributed by atoms with E-state index in [0.29, 0.717) is 0 Å². The SMILES string of the molecule is COc1ccc(S)cc1.[Na]. The fraction of sp³-hybridized carbons (Fsp3) is 0.143. The number of ether oxygens (including phenoxy) is 1. The third kappa shape index (κ3) is 2.97. The molecule has 1 aromatic carbocycles. The predicted octanol–water partition coefficient (Wildman–Crippen LogP) is 1.60. The van der Waals surface area contributed by atoms with Gasteiger partial charge in [-0.3, -0.25) is 0 Å². The summed E-state index contributed by atoms with van der Waals surface area (Å²) < 4.78 is 4.94. The molecule has 0 heterocycles. The van der Waals surface area contributed by atoms with Gasteiger partial charge in [0, 0.05) is 34.5 Å². The monoisotopic (exact) mass is 163 g/mol. The maximum atomic E-state index is 4.94. The Bertz CT molecular complexity index is 185. The topological polar surface area (TPSA) is 9.23 Å². The van der Waals surface area contributed by atoms with E-state index < -0.39 is 0 Å². The second-order valence-electron chi connectivity index (χ2n) is 1.70. The van der Waals surface area contributed by atoms with E-state index >= 15 is 0 Å². The van der Waals surface area contributed by atoms with Gasteiger partial charge in [-0.25, -0.2) is 0 Å². The van der Waals surface area contributed by atoms with Crippen molar-refractivity contribution in [2.45, 2.75) is 4.90 Å². The molecule has 0 N–H and O–H groups in total. The number of benzene rings is 1. The van der Waals surface area contributed by atoms with Gasteiger partial charge in [-0.2, -0.15) is 0 Å². The van der Waals surface area contributed by atoms with Gasteiger partial charge in [0.05, 0.1) is 7.11 Å². The van der Waals surface area contributed by atoms with Crippen LogP contribution < -0.4 is 4.74 Å². The van der Waals surface area contributed by atoms with Gasteiger partial charge in [-0.15, -0.1) is 12.6 Å². The fourth-order valence-electron chi connectivity index (χ4n) is 0.582. The molecule has 1 aromatic rings. The van der Waals surface area contributed by atoms with E-state index in [0.717, 1.165) is 10.6 Å². The molecule has 49 valence electrons. The Morgan fingerprint density at radius 1 is 1.20 bits per heavy atom. The van der Waals surface area contributed by atoms with E-state index in [4.69, 9.17) is 4.74 Å². The van der Waals surface area contributed by atoms with Crippen molar-refractivity contribution < 1.29 is 4.74 Å². The van der Waals surface area contributed by atoms with Gasteiger partial charge in [0.25, 0.3) is 0 Å². The Labute approximate surface area is 88.5 Å². The molecule has 0 atom stereocenters. The maximum Gasteiger partial charge on any atom is 0.118 e. The summed E-state index contributed by atoms with van der Waals surface area (Å²) in [4.78, 5) is 0.954. The summed E-state index contributed by atoms with van der Waals surface area (Å²) in [6.07, 6.45) is 0. The minimum Gasteiger partial charge on any atom is -0.497 e. The second kappa shape index (κ2) is 5.08. The molecular formula is C7H8NaOS. The van der Waals surface area contributed by atoms with Gasteiger partial charge in [0.1, 0.15) is 5.75 Å². The molecule has 0 saturated heterocycles. The third-order valence-electron chi connectivity index (χ3n) is 1.07. The minimum atomic E-state index is 0. The van der Waals surface area contributed by atoms with Gasteiger partial charge in [-0.05, 0) is 24.3 Å². The zero-order valence-corrected chi connectivity index (χ0v) is 9.06. The summed E-state index contributed by atoms with van der Waals surface area (Å²) in [5.41, 5.74) is 0. The molecule has 0 aromatic heterocycles. The molecule has 0 aliphatic carbocycles. The molecule has 1 rings (SSSR count). The van der Waals surface area contributed by atoms with Crippen molar-refractivity contribution in [2.75, 3.05) is 7.11 Å². The average molecular weight is 163 g/mol. The van der Waals surface area contributed by atoms with Crippen molar-refractivity contribution in [1.29, 1.82) is 0 Å². The zero-order chi connectivity index (χ0) is 6.69. The molecule has 0 unspecified atom stereocenters. The average Bonchev–Trinajstić information content (AvgIpc) is 1.90. The first-order chi connectivity index (χ1) is 4.33. The first kappa shape index (κ1) is 10.4. The third-order valence-corrected chi connectivity index (χ3v) is 1.37. The van der Waals surface area contributed by atoms with Crippen LogP contribution in [0.15, 0.2) is 29.2 Å². The number of hydrogen-bond donors (Lipinski definition) is 1. The standard InChI is InChI=1S/C7H8OS.Na/c1-8-6-2-4-7(9)5-3-6;/h2-5,9H,1H3;. The summed E-state index contributed by atoms with van der Waals surface area (Å²) in [5.74, 6) is 0.868. The summed E-state index contributed by atoms with van der Waals surface area (Å²) in [6, 6.07) is 7.54. The summed E-state index contributed by atoms with van der Waals surface area (Å²) in [5, 5.41) is 0. The molecule has 1 radical (unpaired) electrons. The van der Waals surface area contributed by atoms with Crippen LogP contribution in [-0.4, -0.2) is 36.7 Å². The molecule has 0 amide bonds. The van der Waals surface area contributed by atoms with E-state index in [-0.39, 0.29) is 29.6 Å². The first-order valence-corrected chi connectivity index (χ1v) is 3.10. The van der Waals surface area contributed by atoms with Crippen LogP contribution in [0.4, 0.5) is 0 Å². The van der Waals surface area contributed by atoms with Crippen LogP contribution in [0.1, 0.15) is 0 Å². The van der Waals surface area contributed by atoms with Gasteiger partial charge in [-0.1, -0.05) is 0 Å². The van der Waals surface area contributed by atoms with E-state index in [1.54, 1.807) is 7.11 Å². The van der Waals surface area contributed by atoms with Crippen LogP contribution >= 0.6 is 12.6 Å². The molecule has 10 heavy (non-hydrogen) atoms. The Morgan fingerprint density at radius 2 is 1.70 bits per heavy atom. The largest absolute Gasteiger partial charge is 0.497 e. The molecule has 0 bridgehead atoms. The fourth-order valence-corrected chi connectivity index (χ4v) is 0.731. The Morgan fingerprint density at radius 3 is 2.10 bits per heavy atom. The van der Waals surface area contributed by atoms with Gasteiger partial charge in [0.15, 0.2) is 0 Å². The van der Waals surface area contributed by atoms with Crippen molar-refractivity contribution in [3.05, 3.63) is 24.3 Å². The molecule has 0 fully saturated rings. The molecule has 3 heteroatoms. The molecular weight excluding hydrogens is 155 g/mol. The molecule has 0 aliphatic heterocycles. The zero-order valence-electron chi connectivity index (χ0n) is 6.16. The Hall–Kier alpha value is 0.370. The van der Waals surface area contributed by atoms with Crippen LogP contribution in [0.3, 0.4) is 0 Å². The molecule has 0 aliphatic rings. The number of rotatable bonds is 1. The smallest absolute Gasteiger partial charge is 0.118 e. The second-order valence-corrected chi connectivity index (χ2v) is 2.21.